The van der Waals surface area contributed by atoms with Gasteiger partial charge in [-0.25, -0.2) is 0 Å². The van der Waals surface area contributed by atoms with Gasteiger partial charge in [0.05, 0.1) is 6.61 Å². The van der Waals surface area contributed by atoms with Gasteiger partial charge in [0.2, 0.25) is 0 Å². The topological polar surface area (TPSA) is 43.4 Å². The smallest absolute Gasteiger partial charge is 0.305 e. The van der Waals surface area contributed by atoms with E-state index >= 15 is 0 Å². The van der Waals surface area contributed by atoms with Gasteiger partial charge in [0, 0.05) is 12.8 Å². The maximum atomic E-state index is 11.7. The molecule has 0 rings (SSSR count). The van der Waals surface area contributed by atoms with Gasteiger partial charge in [-0.3, -0.25) is 4.79 Å². The summed E-state index contributed by atoms with van der Waals surface area (Å²) in [5, 5.41) is 0. The Labute approximate surface area is 188 Å². The molecule has 0 aromatic heterocycles. The molecule has 0 aromatic rings. The van der Waals surface area contributed by atoms with E-state index in [-0.39, 0.29) is 5.97 Å². The largest absolute Gasteiger partial charge is 0.466 e. The lowest BCUT2D eigenvalue weighted by Gasteiger charge is -2.06. The second kappa shape index (κ2) is 24.4. The molecule has 3 heteroatoms. The fourth-order valence-corrected chi connectivity index (χ4v) is 3.88. The van der Waals surface area contributed by atoms with Crippen LogP contribution in [-0.4, -0.2) is 18.9 Å². The highest BCUT2D eigenvalue weighted by atomic mass is 16.5. The summed E-state index contributed by atoms with van der Waals surface area (Å²) in [4.78, 5) is 21.9. The quantitative estimate of drug-likeness (QED) is 0.0885. The SMILES string of the molecule is CC(C)CCCCCC(=O)OCCCCCCCCCCCCCCCCCC=O. The van der Waals surface area contributed by atoms with Gasteiger partial charge in [0.15, 0.2) is 0 Å². The first-order chi connectivity index (χ1) is 14.7. The van der Waals surface area contributed by atoms with Crippen molar-refractivity contribution in [2.75, 3.05) is 6.61 Å². The third kappa shape index (κ3) is 25.2. The number of hydrogen-bond donors (Lipinski definition) is 0. The van der Waals surface area contributed by atoms with Crippen molar-refractivity contribution in [2.24, 2.45) is 5.92 Å². The van der Waals surface area contributed by atoms with E-state index in [2.05, 4.69) is 13.8 Å². The van der Waals surface area contributed by atoms with Crippen LogP contribution in [0.4, 0.5) is 0 Å². The molecule has 178 valence electrons. The lowest BCUT2D eigenvalue weighted by atomic mass is 10.0. The average Bonchev–Trinajstić information content (AvgIpc) is 2.72. The van der Waals surface area contributed by atoms with E-state index in [0.717, 1.165) is 44.3 Å². The van der Waals surface area contributed by atoms with Crippen molar-refractivity contribution in [1.29, 1.82) is 0 Å². The van der Waals surface area contributed by atoms with Crippen LogP contribution >= 0.6 is 0 Å². The second-order valence-corrected chi connectivity index (χ2v) is 9.47. The zero-order valence-electron chi connectivity index (χ0n) is 20.4. The highest BCUT2D eigenvalue weighted by Gasteiger charge is 2.03. The molecular formula is C27H52O3. The summed E-state index contributed by atoms with van der Waals surface area (Å²) < 4.78 is 5.34. The van der Waals surface area contributed by atoms with Crippen LogP contribution in [0, 0.1) is 5.92 Å². The maximum absolute atomic E-state index is 11.7. The van der Waals surface area contributed by atoms with Crippen LogP contribution in [0.2, 0.25) is 0 Å². The summed E-state index contributed by atoms with van der Waals surface area (Å²) in [5.74, 6) is 0.765. The summed E-state index contributed by atoms with van der Waals surface area (Å²) >= 11 is 0. The minimum absolute atomic E-state index is 0.00237. The van der Waals surface area contributed by atoms with Gasteiger partial charge in [-0.1, -0.05) is 117 Å². The molecule has 0 bridgehead atoms. The number of carbonyl (C=O) groups is 2. The van der Waals surface area contributed by atoms with Crippen LogP contribution < -0.4 is 0 Å². The summed E-state index contributed by atoms with van der Waals surface area (Å²) in [5.41, 5.74) is 0. The van der Waals surface area contributed by atoms with Crippen molar-refractivity contribution in [3.8, 4) is 0 Å². The fraction of sp³-hybridized carbons (Fsp3) is 0.926. The molecule has 0 aliphatic rings. The first-order valence-electron chi connectivity index (χ1n) is 13.3. The molecule has 0 heterocycles. The van der Waals surface area contributed by atoms with E-state index in [0.29, 0.717) is 13.0 Å². The summed E-state index contributed by atoms with van der Waals surface area (Å²) in [7, 11) is 0. The lowest BCUT2D eigenvalue weighted by Crippen LogP contribution is -2.05. The first-order valence-corrected chi connectivity index (χ1v) is 13.3. The van der Waals surface area contributed by atoms with E-state index in [1.807, 2.05) is 0 Å². The molecule has 0 aliphatic carbocycles. The van der Waals surface area contributed by atoms with Crippen molar-refractivity contribution in [2.45, 2.75) is 149 Å². The monoisotopic (exact) mass is 424 g/mol. The summed E-state index contributed by atoms with van der Waals surface area (Å²) in [6.07, 6.45) is 26.4. The zero-order valence-corrected chi connectivity index (χ0v) is 20.4. The molecule has 0 aliphatic heterocycles. The average molecular weight is 425 g/mol. The molecule has 0 fully saturated rings. The van der Waals surface area contributed by atoms with Crippen molar-refractivity contribution in [1.82, 2.24) is 0 Å². The number of aldehydes is 1. The molecule has 0 amide bonds. The third-order valence-corrected chi connectivity index (χ3v) is 5.89. The van der Waals surface area contributed by atoms with Gasteiger partial charge in [0.25, 0.3) is 0 Å². The van der Waals surface area contributed by atoms with E-state index in [1.54, 1.807) is 0 Å². The highest BCUT2D eigenvalue weighted by Crippen LogP contribution is 2.14. The Kier molecular flexibility index (Phi) is 23.7. The maximum Gasteiger partial charge on any atom is 0.305 e. The van der Waals surface area contributed by atoms with E-state index < -0.39 is 0 Å². The van der Waals surface area contributed by atoms with Crippen molar-refractivity contribution >= 4 is 12.3 Å². The molecule has 0 spiro atoms. The van der Waals surface area contributed by atoms with Crippen molar-refractivity contribution in [3.63, 3.8) is 0 Å². The Morgan fingerprint density at radius 2 is 1.07 bits per heavy atom. The molecule has 0 radical (unpaired) electrons. The lowest BCUT2D eigenvalue weighted by molar-refractivity contribution is -0.143. The Hall–Kier alpha value is -0.860. The number of rotatable bonds is 24. The zero-order chi connectivity index (χ0) is 22.1. The van der Waals surface area contributed by atoms with Crippen LogP contribution in [0.1, 0.15) is 149 Å². The molecule has 0 aromatic carbocycles. The Bertz CT molecular complexity index is 365. The standard InChI is InChI=1S/C27H52O3/c1-26(2)22-18-17-19-23-27(29)30-25-21-16-14-12-10-8-6-4-3-5-7-9-11-13-15-20-24-28/h24,26H,3-23,25H2,1-2H3. The van der Waals surface area contributed by atoms with Gasteiger partial charge in [-0.05, 0) is 25.2 Å². The van der Waals surface area contributed by atoms with Crippen LogP contribution in [-0.2, 0) is 14.3 Å². The van der Waals surface area contributed by atoms with Gasteiger partial charge >= 0.3 is 5.97 Å². The third-order valence-electron chi connectivity index (χ3n) is 5.89. The molecule has 0 N–H and O–H groups in total. The molecule has 0 saturated heterocycles. The fourth-order valence-electron chi connectivity index (χ4n) is 3.88. The molecular weight excluding hydrogens is 372 g/mol. The Morgan fingerprint density at radius 1 is 0.633 bits per heavy atom. The highest BCUT2D eigenvalue weighted by molar-refractivity contribution is 5.69. The number of unbranched alkanes of at least 4 members (excludes halogenated alkanes) is 17. The van der Waals surface area contributed by atoms with Gasteiger partial charge in [0.1, 0.15) is 6.29 Å². The van der Waals surface area contributed by atoms with Crippen LogP contribution in [0.5, 0.6) is 0 Å². The summed E-state index contributed by atoms with van der Waals surface area (Å²) in [6.45, 7) is 5.11. The molecule has 0 atom stereocenters. The van der Waals surface area contributed by atoms with Gasteiger partial charge < -0.3 is 9.53 Å². The molecule has 30 heavy (non-hydrogen) atoms. The first kappa shape index (κ1) is 29.1. The molecule has 3 nitrogen and oxygen atoms in total. The minimum Gasteiger partial charge on any atom is -0.466 e. The van der Waals surface area contributed by atoms with Crippen LogP contribution in [0.3, 0.4) is 0 Å². The predicted molar refractivity (Wildman–Crippen MR) is 129 cm³/mol. The van der Waals surface area contributed by atoms with E-state index in [9.17, 15) is 9.59 Å². The minimum atomic E-state index is -0.00237. The van der Waals surface area contributed by atoms with Crippen LogP contribution in [0.15, 0.2) is 0 Å². The Balaban J connectivity index is 3.12. The Morgan fingerprint density at radius 3 is 1.53 bits per heavy atom. The van der Waals surface area contributed by atoms with Gasteiger partial charge in [-0.2, -0.15) is 0 Å². The summed E-state index contributed by atoms with van der Waals surface area (Å²) in [6, 6.07) is 0. The predicted octanol–water partition coefficient (Wildman–Crippen LogP) is 8.58. The van der Waals surface area contributed by atoms with Crippen molar-refractivity contribution < 1.29 is 14.3 Å². The van der Waals surface area contributed by atoms with Gasteiger partial charge in [-0.15, -0.1) is 0 Å². The van der Waals surface area contributed by atoms with Crippen LogP contribution in [0.25, 0.3) is 0 Å². The number of hydrogen-bond acceptors (Lipinski definition) is 3. The number of carbonyl (C=O) groups excluding carboxylic acids is 2. The molecule has 0 unspecified atom stereocenters. The molecule has 0 saturated carbocycles. The number of ether oxygens (including phenoxy) is 1. The van der Waals surface area contributed by atoms with E-state index in [4.69, 9.17) is 4.74 Å². The van der Waals surface area contributed by atoms with Crippen molar-refractivity contribution in [3.05, 3.63) is 0 Å². The number of esters is 1. The normalized spacial score (nSPS) is 11.2. The van der Waals surface area contributed by atoms with E-state index in [1.165, 1.54) is 96.3 Å². The second-order valence-electron chi connectivity index (χ2n) is 9.47.